The van der Waals surface area contributed by atoms with E-state index in [9.17, 15) is 0 Å². The molecule has 1 aliphatic rings. The van der Waals surface area contributed by atoms with E-state index in [4.69, 9.17) is 20.8 Å². The number of aromatic nitrogens is 1. The highest BCUT2D eigenvalue weighted by molar-refractivity contribution is 6.33. The van der Waals surface area contributed by atoms with E-state index < -0.39 is 0 Å². The van der Waals surface area contributed by atoms with Crippen LogP contribution in [0.25, 0.3) is 11.5 Å². The molecule has 1 saturated heterocycles. The summed E-state index contributed by atoms with van der Waals surface area (Å²) in [6, 6.07) is 7.53. The number of oxazole rings is 1. The first-order valence-corrected chi connectivity index (χ1v) is 7.80. The van der Waals surface area contributed by atoms with Crippen LogP contribution in [0.15, 0.2) is 34.9 Å². The third kappa shape index (κ3) is 3.87. The van der Waals surface area contributed by atoms with Crippen molar-refractivity contribution in [1.29, 1.82) is 0 Å². The fraction of sp³-hybridized carbons (Fsp3) is 0.438. The van der Waals surface area contributed by atoms with Gasteiger partial charge in [0, 0.05) is 26.2 Å². The van der Waals surface area contributed by atoms with E-state index in [0.29, 0.717) is 17.5 Å². The average molecular weight is 322 g/mol. The van der Waals surface area contributed by atoms with Crippen molar-refractivity contribution in [1.82, 2.24) is 15.2 Å². The number of rotatable bonds is 5. The lowest BCUT2D eigenvalue weighted by Crippen LogP contribution is -2.44. The third-order valence-electron chi connectivity index (χ3n) is 3.68. The molecule has 1 fully saturated rings. The first kappa shape index (κ1) is 15.5. The van der Waals surface area contributed by atoms with E-state index in [1.54, 1.807) is 6.26 Å². The number of nitrogens with zero attached hydrogens (tertiary/aromatic N) is 2. The Morgan fingerprint density at radius 2 is 2.27 bits per heavy atom. The molecule has 1 aromatic heterocycles. The quantitative estimate of drug-likeness (QED) is 0.916. The van der Waals surface area contributed by atoms with Gasteiger partial charge in [0.2, 0.25) is 5.89 Å². The molecular formula is C16H20ClN3O2. The number of likely N-dealkylation sites (N-methyl/N-ethyl adjacent to an activating group) is 1. The summed E-state index contributed by atoms with van der Waals surface area (Å²) in [7, 11) is 2.11. The van der Waals surface area contributed by atoms with Crippen molar-refractivity contribution in [2.75, 3.05) is 33.3 Å². The van der Waals surface area contributed by atoms with Crippen LogP contribution in [0, 0.1) is 0 Å². The zero-order chi connectivity index (χ0) is 15.4. The molecule has 118 valence electrons. The van der Waals surface area contributed by atoms with Gasteiger partial charge in [0.05, 0.1) is 29.0 Å². The Morgan fingerprint density at radius 1 is 1.41 bits per heavy atom. The molecule has 1 aromatic carbocycles. The molecule has 1 N–H and O–H groups in total. The van der Waals surface area contributed by atoms with Gasteiger partial charge in [0.15, 0.2) is 0 Å². The monoisotopic (exact) mass is 321 g/mol. The molecule has 0 bridgehead atoms. The first-order valence-electron chi connectivity index (χ1n) is 7.42. The van der Waals surface area contributed by atoms with Crippen molar-refractivity contribution < 1.29 is 9.15 Å². The second-order valence-corrected chi connectivity index (χ2v) is 5.92. The fourth-order valence-electron chi connectivity index (χ4n) is 2.50. The van der Waals surface area contributed by atoms with E-state index in [1.807, 2.05) is 24.3 Å². The van der Waals surface area contributed by atoms with Gasteiger partial charge in [-0.2, -0.15) is 0 Å². The van der Waals surface area contributed by atoms with Crippen LogP contribution < -0.4 is 5.32 Å². The number of nitrogens with one attached hydrogen (secondary N) is 1. The van der Waals surface area contributed by atoms with E-state index >= 15 is 0 Å². The fourth-order valence-corrected chi connectivity index (χ4v) is 2.71. The van der Waals surface area contributed by atoms with Crippen LogP contribution in [-0.4, -0.2) is 49.3 Å². The Bertz CT molecular complexity index is 617. The van der Waals surface area contributed by atoms with Crippen LogP contribution in [-0.2, 0) is 11.3 Å². The minimum Gasteiger partial charge on any atom is -0.444 e. The molecular weight excluding hydrogens is 302 g/mol. The Morgan fingerprint density at radius 3 is 3.09 bits per heavy atom. The molecule has 6 heteroatoms. The van der Waals surface area contributed by atoms with Crippen LogP contribution in [0.4, 0.5) is 0 Å². The van der Waals surface area contributed by atoms with Gasteiger partial charge in [0.1, 0.15) is 6.26 Å². The summed E-state index contributed by atoms with van der Waals surface area (Å²) >= 11 is 6.15. The summed E-state index contributed by atoms with van der Waals surface area (Å²) in [6.45, 7) is 4.21. The Hall–Kier alpha value is -1.40. The van der Waals surface area contributed by atoms with Crippen molar-refractivity contribution >= 4 is 11.6 Å². The van der Waals surface area contributed by atoms with Gasteiger partial charge in [-0.05, 0) is 19.2 Å². The van der Waals surface area contributed by atoms with Crippen LogP contribution in [0.2, 0.25) is 5.02 Å². The van der Waals surface area contributed by atoms with Gasteiger partial charge in [-0.1, -0.05) is 23.7 Å². The van der Waals surface area contributed by atoms with Gasteiger partial charge in [-0.3, -0.25) is 0 Å². The predicted molar refractivity (Wildman–Crippen MR) is 85.9 cm³/mol. The second-order valence-electron chi connectivity index (χ2n) is 5.51. The molecule has 2 heterocycles. The summed E-state index contributed by atoms with van der Waals surface area (Å²) in [5.74, 6) is 0.552. The van der Waals surface area contributed by atoms with Crippen molar-refractivity contribution in [2.45, 2.75) is 12.6 Å². The highest BCUT2D eigenvalue weighted by Crippen LogP contribution is 2.26. The molecule has 1 atom stereocenters. The van der Waals surface area contributed by atoms with Crippen LogP contribution >= 0.6 is 11.6 Å². The van der Waals surface area contributed by atoms with Gasteiger partial charge < -0.3 is 19.4 Å². The Labute approximate surface area is 135 Å². The smallest absolute Gasteiger partial charge is 0.227 e. The largest absolute Gasteiger partial charge is 0.444 e. The second kappa shape index (κ2) is 7.24. The SMILES string of the molecule is CN1CCO[C@H](CNCc2coc(-c3ccccc3Cl)n2)C1. The number of benzene rings is 1. The molecule has 0 aliphatic carbocycles. The summed E-state index contributed by atoms with van der Waals surface area (Å²) in [6.07, 6.45) is 1.90. The van der Waals surface area contributed by atoms with E-state index in [2.05, 4.69) is 22.2 Å². The van der Waals surface area contributed by atoms with Gasteiger partial charge in [-0.25, -0.2) is 4.98 Å². The van der Waals surface area contributed by atoms with Crippen LogP contribution in [0.3, 0.4) is 0 Å². The maximum absolute atomic E-state index is 6.15. The molecule has 22 heavy (non-hydrogen) atoms. The molecule has 0 radical (unpaired) electrons. The highest BCUT2D eigenvalue weighted by atomic mass is 35.5. The summed E-state index contributed by atoms with van der Waals surface area (Å²) in [4.78, 5) is 6.75. The number of halogens is 1. The normalized spacial score (nSPS) is 19.5. The number of hydrogen-bond donors (Lipinski definition) is 1. The lowest BCUT2D eigenvalue weighted by atomic mass is 10.2. The molecule has 0 unspecified atom stereocenters. The van der Waals surface area contributed by atoms with Gasteiger partial charge >= 0.3 is 0 Å². The number of ether oxygens (including phenoxy) is 1. The minimum atomic E-state index is 0.230. The molecule has 5 nitrogen and oxygen atoms in total. The molecule has 0 saturated carbocycles. The van der Waals surface area contributed by atoms with E-state index in [-0.39, 0.29) is 6.10 Å². The minimum absolute atomic E-state index is 0.230. The highest BCUT2D eigenvalue weighted by Gasteiger charge is 2.17. The predicted octanol–water partition coefficient (Wildman–Crippen LogP) is 2.42. The van der Waals surface area contributed by atoms with Crippen molar-refractivity contribution in [3.8, 4) is 11.5 Å². The third-order valence-corrected chi connectivity index (χ3v) is 4.01. The summed E-state index contributed by atoms with van der Waals surface area (Å²) in [5.41, 5.74) is 1.67. The summed E-state index contributed by atoms with van der Waals surface area (Å²) < 4.78 is 11.2. The van der Waals surface area contributed by atoms with Crippen molar-refractivity contribution in [2.24, 2.45) is 0 Å². The molecule has 3 rings (SSSR count). The average Bonchev–Trinajstić information content (AvgIpc) is 2.96. The molecule has 0 spiro atoms. The number of morpholine rings is 1. The zero-order valence-electron chi connectivity index (χ0n) is 12.6. The molecule has 2 aromatic rings. The topological polar surface area (TPSA) is 50.5 Å². The van der Waals surface area contributed by atoms with Crippen molar-refractivity contribution in [3.63, 3.8) is 0 Å². The lowest BCUT2D eigenvalue weighted by molar-refractivity contribution is -0.0182. The molecule has 0 amide bonds. The van der Waals surface area contributed by atoms with Crippen molar-refractivity contribution in [3.05, 3.63) is 41.2 Å². The van der Waals surface area contributed by atoms with Gasteiger partial charge in [0.25, 0.3) is 0 Å². The Balaban J connectivity index is 1.53. The zero-order valence-corrected chi connectivity index (χ0v) is 13.3. The molecule has 1 aliphatic heterocycles. The maximum atomic E-state index is 6.15. The maximum Gasteiger partial charge on any atom is 0.227 e. The standard InChI is InChI=1S/C16H20ClN3O2/c1-20-6-7-21-13(10-20)9-18-8-12-11-22-16(19-12)14-4-2-3-5-15(14)17/h2-5,11,13,18H,6-10H2,1H3/t13-/m1/s1. The first-order chi connectivity index (χ1) is 10.7. The van der Waals surface area contributed by atoms with Crippen LogP contribution in [0.5, 0.6) is 0 Å². The van der Waals surface area contributed by atoms with Crippen LogP contribution in [0.1, 0.15) is 5.69 Å². The number of hydrogen-bond acceptors (Lipinski definition) is 5. The van der Waals surface area contributed by atoms with Gasteiger partial charge in [-0.15, -0.1) is 0 Å². The van der Waals surface area contributed by atoms with E-state index in [1.165, 1.54) is 0 Å². The summed E-state index contributed by atoms with van der Waals surface area (Å²) in [5, 5.41) is 4.01. The lowest BCUT2D eigenvalue weighted by Gasteiger charge is -2.30. The Kier molecular flexibility index (Phi) is 5.10. The van der Waals surface area contributed by atoms with E-state index in [0.717, 1.165) is 37.5 Å².